The van der Waals surface area contributed by atoms with Crippen molar-refractivity contribution in [1.29, 1.82) is 0 Å². The van der Waals surface area contributed by atoms with Crippen molar-refractivity contribution in [3.63, 3.8) is 0 Å². The molecule has 32 heavy (non-hydrogen) atoms. The average Bonchev–Trinajstić information content (AvgIpc) is 2.89. The lowest BCUT2D eigenvalue weighted by atomic mass is 10.0. The van der Waals surface area contributed by atoms with Crippen LogP contribution < -0.4 is 20.1 Å². The summed E-state index contributed by atoms with van der Waals surface area (Å²) >= 11 is 0. The Bertz CT molecular complexity index is 1400. The van der Waals surface area contributed by atoms with Crippen LogP contribution in [0.25, 0.3) is 22.3 Å². The Morgan fingerprint density at radius 2 is 0.938 bits per heavy atom. The Labute approximate surface area is 187 Å². The number of fused-ring (bicyclic) bond motifs is 11. The molecule has 150 valence electrons. The zero-order valence-corrected chi connectivity index (χ0v) is 18.3. The minimum atomic E-state index is -2.71. The van der Waals surface area contributed by atoms with Crippen molar-refractivity contribution in [1.82, 2.24) is 9.97 Å². The van der Waals surface area contributed by atoms with Crippen molar-refractivity contribution in [2.24, 2.45) is 0 Å². The van der Waals surface area contributed by atoms with Gasteiger partial charge in [0.15, 0.2) is 0 Å². The summed E-state index contributed by atoms with van der Waals surface area (Å²) in [5.74, 6) is 1.99. The van der Waals surface area contributed by atoms with E-state index >= 15 is 0 Å². The molecule has 0 fully saturated rings. The van der Waals surface area contributed by atoms with Gasteiger partial charge in [-0.1, -0.05) is 78.9 Å². The SMILES string of the molecule is c1ccc([Si]23c4ccccc4-c4cccnc4N2c2ncccc2-c2ccccc23)cc1. The van der Waals surface area contributed by atoms with Gasteiger partial charge >= 0.3 is 0 Å². The number of anilines is 2. The van der Waals surface area contributed by atoms with Crippen LogP contribution >= 0.6 is 0 Å². The van der Waals surface area contributed by atoms with Gasteiger partial charge in [0.2, 0.25) is 0 Å². The van der Waals surface area contributed by atoms with Crippen molar-refractivity contribution in [2.45, 2.75) is 0 Å². The molecule has 2 aliphatic heterocycles. The minimum absolute atomic E-state index is 0.996. The molecule has 0 amide bonds. The van der Waals surface area contributed by atoms with Crippen LogP contribution in [0.1, 0.15) is 0 Å². The maximum Gasteiger partial charge on any atom is 0.261 e. The van der Waals surface area contributed by atoms with Crippen molar-refractivity contribution in [3.05, 3.63) is 116 Å². The van der Waals surface area contributed by atoms with Gasteiger partial charge in [-0.05, 0) is 51.0 Å². The molecule has 0 aliphatic carbocycles. The second kappa shape index (κ2) is 6.49. The van der Waals surface area contributed by atoms with E-state index < -0.39 is 8.24 Å². The largest absolute Gasteiger partial charge is 0.325 e. The molecular weight excluding hydrogens is 406 g/mol. The first-order valence-electron chi connectivity index (χ1n) is 10.9. The topological polar surface area (TPSA) is 29.0 Å². The van der Waals surface area contributed by atoms with Crippen molar-refractivity contribution in [2.75, 3.05) is 4.57 Å². The third kappa shape index (κ3) is 2.09. The Balaban J connectivity index is 1.75. The van der Waals surface area contributed by atoms with Gasteiger partial charge in [-0.3, -0.25) is 0 Å². The quantitative estimate of drug-likeness (QED) is 0.376. The Morgan fingerprint density at radius 3 is 1.50 bits per heavy atom. The summed E-state index contributed by atoms with van der Waals surface area (Å²) in [4.78, 5) is 9.93. The molecule has 3 aromatic carbocycles. The van der Waals surface area contributed by atoms with Crippen molar-refractivity contribution in [3.8, 4) is 22.3 Å². The third-order valence-electron chi connectivity index (χ3n) is 6.74. The monoisotopic (exact) mass is 425 g/mol. The Morgan fingerprint density at radius 1 is 0.469 bits per heavy atom. The normalized spacial score (nSPS) is 14.4. The second-order valence-electron chi connectivity index (χ2n) is 8.25. The average molecular weight is 426 g/mol. The first-order chi connectivity index (χ1) is 15.9. The van der Waals surface area contributed by atoms with Crippen LogP contribution in [0.15, 0.2) is 116 Å². The number of benzene rings is 3. The fourth-order valence-corrected chi connectivity index (χ4v) is 10.8. The standard InChI is InChI=1S/C28H19N3Si/c1-2-10-20(11-3-1)32-25-16-6-4-12-21(25)23-14-8-18-29-27(23)31(32)28-24(15-9-19-30-28)22-13-5-7-17-26(22)32/h1-19H. The van der Waals surface area contributed by atoms with E-state index in [1.807, 2.05) is 24.5 Å². The molecule has 4 heterocycles. The predicted octanol–water partition coefficient (Wildman–Crippen LogP) is 4.24. The highest BCUT2D eigenvalue weighted by atomic mass is 28.3. The van der Waals surface area contributed by atoms with Gasteiger partial charge in [0, 0.05) is 23.5 Å². The number of rotatable bonds is 1. The molecule has 0 unspecified atom stereocenters. The zero-order chi connectivity index (χ0) is 21.1. The van der Waals surface area contributed by atoms with Gasteiger partial charge in [0.25, 0.3) is 8.24 Å². The number of hydrogen-bond acceptors (Lipinski definition) is 3. The molecule has 2 aromatic heterocycles. The first-order valence-corrected chi connectivity index (χ1v) is 12.8. The van der Waals surface area contributed by atoms with E-state index in [1.165, 1.54) is 26.7 Å². The van der Waals surface area contributed by atoms with E-state index in [1.54, 1.807) is 0 Å². The molecule has 5 aromatic rings. The van der Waals surface area contributed by atoms with Gasteiger partial charge < -0.3 is 4.57 Å². The molecule has 0 spiro atoms. The maximum absolute atomic E-state index is 4.97. The number of aromatic nitrogens is 2. The number of pyridine rings is 2. The molecule has 3 nitrogen and oxygen atoms in total. The van der Waals surface area contributed by atoms with Crippen LogP contribution in [-0.4, -0.2) is 18.2 Å². The van der Waals surface area contributed by atoms with Crippen LogP contribution in [0.4, 0.5) is 11.6 Å². The molecular formula is C28H19N3Si. The Hall–Kier alpha value is -4.02. The smallest absolute Gasteiger partial charge is 0.261 e. The highest BCUT2D eigenvalue weighted by Gasteiger charge is 2.55. The molecule has 0 radical (unpaired) electrons. The van der Waals surface area contributed by atoms with Gasteiger partial charge in [-0.15, -0.1) is 0 Å². The lowest BCUT2D eigenvalue weighted by Gasteiger charge is -2.51. The Kier molecular flexibility index (Phi) is 3.57. The molecule has 0 saturated heterocycles. The lowest BCUT2D eigenvalue weighted by Crippen LogP contribution is -2.79. The molecule has 0 bridgehead atoms. The fourth-order valence-electron chi connectivity index (χ4n) is 5.56. The van der Waals surface area contributed by atoms with Crippen LogP contribution in [0, 0.1) is 0 Å². The van der Waals surface area contributed by atoms with Gasteiger partial charge in [0.1, 0.15) is 11.6 Å². The maximum atomic E-state index is 4.97. The van der Waals surface area contributed by atoms with E-state index in [0.717, 1.165) is 22.8 Å². The minimum Gasteiger partial charge on any atom is -0.325 e. The molecule has 0 atom stereocenters. The van der Waals surface area contributed by atoms with Gasteiger partial charge in [-0.2, -0.15) is 0 Å². The summed E-state index contributed by atoms with van der Waals surface area (Å²) in [7, 11) is -2.71. The van der Waals surface area contributed by atoms with E-state index in [9.17, 15) is 0 Å². The summed E-state index contributed by atoms with van der Waals surface area (Å²) in [5.41, 5.74) is 4.88. The third-order valence-corrected chi connectivity index (χ3v) is 11.4. The molecule has 0 saturated carbocycles. The molecule has 7 rings (SSSR count). The van der Waals surface area contributed by atoms with E-state index in [4.69, 9.17) is 9.97 Å². The molecule has 2 aliphatic rings. The van der Waals surface area contributed by atoms with Gasteiger partial charge in [-0.25, -0.2) is 9.97 Å². The molecule has 0 N–H and O–H groups in total. The van der Waals surface area contributed by atoms with Crippen LogP contribution in [0.3, 0.4) is 0 Å². The van der Waals surface area contributed by atoms with E-state index in [2.05, 4.69) is 95.6 Å². The highest BCUT2D eigenvalue weighted by Crippen LogP contribution is 2.46. The number of nitrogens with zero attached hydrogens (tertiary/aromatic N) is 3. The summed E-state index contributed by atoms with van der Waals surface area (Å²) in [6.07, 6.45) is 3.81. The number of hydrogen-bond donors (Lipinski definition) is 0. The fraction of sp³-hybridized carbons (Fsp3) is 0. The highest BCUT2D eigenvalue weighted by molar-refractivity contribution is 7.16. The van der Waals surface area contributed by atoms with Crippen LogP contribution in [0.2, 0.25) is 0 Å². The summed E-state index contributed by atoms with van der Waals surface area (Å²) < 4.78 is 2.50. The lowest BCUT2D eigenvalue weighted by molar-refractivity contribution is 1.15. The summed E-state index contributed by atoms with van der Waals surface area (Å²) in [5, 5.41) is 4.11. The van der Waals surface area contributed by atoms with Crippen molar-refractivity contribution < 1.29 is 0 Å². The van der Waals surface area contributed by atoms with Crippen molar-refractivity contribution >= 4 is 35.4 Å². The van der Waals surface area contributed by atoms with E-state index in [-0.39, 0.29) is 0 Å². The first kappa shape index (κ1) is 17.6. The van der Waals surface area contributed by atoms with Gasteiger partial charge in [0.05, 0.1) is 0 Å². The van der Waals surface area contributed by atoms with Crippen LogP contribution in [-0.2, 0) is 0 Å². The second-order valence-corrected chi connectivity index (χ2v) is 11.8. The summed E-state index contributed by atoms with van der Waals surface area (Å²) in [6.45, 7) is 0. The molecule has 4 heteroatoms. The zero-order valence-electron chi connectivity index (χ0n) is 17.3. The summed E-state index contributed by atoms with van der Waals surface area (Å²) in [6, 6.07) is 37.2. The van der Waals surface area contributed by atoms with E-state index in [0.29, 0.717) is 0 Å². The predicted molar refractivity (Wildman–Crippen MR) is 133 cm³/mol. The van der Waals surface area contributed by atoms with Crippen LogP contribution in [0.5, 0.6) is 0 Å².